The number of ketones is 1. The third kappa shape index (κ3) is 3.10. The molecule has 0 bridgehead atoms. The van der Waals surface area contributed by atoms with E-state index >= 15 is 0 Å². The van der Waals surface area contributed by atoms with Gasteiger partial charge in [0.1, 0.15) is 0 Å². The van der Waals surface area contributed by atoms with Gasteiger partial charge in [0.15, 0.2) is 5.76 Å². The summed E-state index contributed by atoms with van der Waals surface area (Å²) in [6.45, 7) is 0. The fourth-order valence-corrected chi connectivity index (χ4v) is 1.70. The Kier molecular flexibility index (Phi) is 3.80. The van der Waals surface area contributed by atoms with Crippen LogP contribution in [-0.4, -0.2) is 32.7 Å². The fourth-order valence-electron chi connectivity index (χ4n) is 1.70. The largest absolute Gasteiger partial charge is 0.493 e. The second-order valence-corrected chi connectivity index (χ2v) is 4.36. The van der Waals surface area contributed by atoms with Crippen LogP contribution < -0.4 is 4.90 Å². The summed E-state index contributed by atoms with van der Waals surface area (Å²) in [7, 11) is 5.46. The predicted octanol–water partition coefficient (Wildman–Crippen LogP) is 2.49. The van der Waals surface area contributed by atoms with Crippen molar-refractivity contribution in [3.8, 4) is 0 Å². The molecule has 0 unspecified atom stereocenters. The minimum atomic E-state index is -0.135. The molecule has 4 heteroatoms. The summed E-state index contributed by atoms with van der Waals surface area (Å²) in [6.07, 6.45) is 4.79. The SMILES string of the molecule is COC1=CC(=Nc2ccc(N(C)C)cc2)C=CC1=O. The molecule has 0 atom stereocenters. The maximum Gasteiger partial charge on any atom is 0.220 e. The summed E-state index contributed by atoms with van der Waals surface area (Å²) in [6, 6.07) is 7.87. The minimum Gasteiger partial charge on any atom is -0.493 e. The molecule has 0 saturated carbocycles. The van der Waals surface area contributed by atoms with Gasteiger partial charge in [0.25, 0.3) is 0 Å². The molecular weight excluding hydrogens is 240 g/mol. The average molecular weight is 256 g/mol. The highest BCUT2D eigenvalue weighted by atomic mass is 16.5. The molecule has 0 fully saturated rings. The molecule has 1 aliphatic rings. The van der Waals surface area contributed by atoms with E-state index in [1.807, 2.05) is 43.3 Å². The Labute approximate surface area is 112 Å². The van der Waals surface area contributed by atoms with Gasteiger partial charge in [-0.2, -0.15) is 0 Å². The van der Waals surface area contributed by atoms with Crippen LogP contribution in [0.15, 0.2) is 53.2 Å². The lowest BCUT2D eigenvalue weighted by Gasteiger charge is -2.12. The molecule has 19 heavy (non-hydrogen) atoms. The Balaban J connectivity index is 2.24. The van der Waals surface area contributed by atoms with E-state index in [0.29, 0.717) is 11.5 Å². The number of benzene rings is 1. The van der Waals surface area contributed by atoms with Crippen molar-refractivity contribution in [1.29, 1.82) is 0 Å². The van der Waals surface area contributed by atoms with Crippen LogP contribution >= 0.6 is 0 Å². The van der Waals surface area contributed by atoms with Gasteiger partial charge in [-0.15, -0.1) is 0 Å². The second kappa shape index (κ2) is 5.52. The van der Waals surface area contributed by atoms with Crippen LogP contribution in [0.25, 0.3) is 0 Å². The van der Waals surface area contributed by atoms with Crippen molar-refractivity contribution >= 4 is 22.9 Å². The van der Waals surface area contributed by atoms with Gasteiger partial charge in [-0.05, 0) is 36.4 Å². The number of carbonyl (C=O) groups excluding carboxylic acids is 1. The first-order valence-electron chi connectivity index (χ1n) is 5.94. The lowest BCUT2D eigenvalue weighted by atomic mass is 10.1. The third-order valence-corrected chi connectivity index (χ3v) is 2.77. The van der Waals surface area contributed by atoms with E-state index in [4.69, 9.17) is 4.74 Å². The van der Waals surface area contributed by atoms with Gasteiger partial charge in [0, 0.05) is 25.9 Å². The van der Waals surface area contributed by atoms with Gasteiger partial charge in [-0.3, -0.25) is 4.79 Å². The zero-order valence-electron chi connectivity index (χ0n) is 11.3. The number of hydrogen-bond acceptors (Lipinski definition) is 4. The van der Waals surface area contributed by atoms with Crippen LogP contribution in [0, 0.1) is 0 Å². The zero-order valence-corrected chi connectivity index (χ0v) is 11.3. The summed E-state index contributed by atoms with van der Waals surface area (Å²) in [5.41, 5.74) is 2.66. The van der Waals surface area contributed by atoms with Crippen LogP contribution in [-0.2, 0) is 9.53 Å². The quantitative estimate of drug-likeness (QED) is 0.780. The molecule has 0 N–H and O–H groups in total. The second-order valence-electron chi connectivity index (χ2n) is 4.36. The maximum atomic E-state index is 11.4. The highest BCUT2D eigenvalue weighted by Crippen LogP contribution is 2.19. The fraction of sp³-hybridized carbons (Fsp3) is 0.200. The number of allylic oxidation sites excluding steroid dienone is 3. The summed E-state index contributed by atoms with van der Waals surface area (Å²) in [4.78, 5) is 17.9. The number of rotatable bonds is 3. The van der Waals surface area contributed by atoms with Crippen molar-refractivity contribution in [2.45, 2.75) is 0 Å². The van der Waals surface area contributed by atoms with E-state index in [1.54, 1.807) is 12.2 Å². The van der Waals surface area contributed by atoms with Crippen LogP contribution in [0.4, 0.5) is 11.4 Å². The smallest absolute Gasteiger partial charge is 0.220 e. The Morgan fingerprint density at radius 3 is 2.37 bits per heavy atom. The van der Waals surface area contributed by atoms with Crippen LogP contribution in [0.1, 0.15) is 0 Å². The van der Waals surface area contributed by atoms with Gasteiger partial charge in [0.05, 0.1) is 18.5 Å². The molecule has 1 aromatic rings. The molecule has 0 aromatic heterocycles. The molecular formula is C15H16N2O2. The average Bonchev–Trinajstić information content (AvgIpc) is 2.41. The number of anilines is 1. The first-order chi connectivity index (χ1) is 9.10. The molecule has 0 aliphatic heterocycles. The number of nitrogens with zero attached hydrogens (tertiary/aromatic N) is 2. The van der Waals surface area contributed by atoms with Gasteiger partial charge in [0.2, 0.25) is 5.78 Å². The molecule has 0 amide bonds. The molecule has 4 nitrogen and oxygen atoms in total. The molecule has 0 radical (unpaired) electrons. The molecule has 2 rings (SSSR count). The minimum absolute atomic E-state index is 0.135. The van der Waals surface area contributed by atoms with Crippen molar-refractivity contribution in [2.75, 3.05) is 26.1 Å². The lowest BCUT2D eigenvalue weighted by molar-refractivity contribution is -0.114. The van der Waals surface area contributed by atoms with Crippen molar-refractivity contribution in [3.63, 3.8) is 0 Å². The Bertz CT molecular complexity index is 566. The van der Waals surface area contributed by atoms with Crippen molar-refractivity contribution in [3.05, 3.63) is 48.3 Å². The van der Waals surface area contributed by atoms with E-state index in [2.05, 4.69) is 4.99 Å². The molecule has 0 spiro atoms. The number of methoxy groups -OCH3 is 1. The van der Waals surface area contributed by atoms with Gasteiger partial charge < -0.3 is 9.64 Å². The van der Waals surface area contributed by atoms with Crippen molar-refractivity contribution < 1.29 is 9.53 Å². The Hall–Kier alpha value is -2.36. The van der Waals surface area contributed by atoms with Gasteiger partial charge in [-0.1, -0.05) is 0 Å². The monoisotopic (exact) mass is 256 g/mol. The Morgan fingerprint density at radius 2 is 1.79 bits per heavy atom. The number of carbonyl (C=O) groups is 1. The van der Waals surface area contributed by atoms with E-state index in [-0.39, 0.29) is 5.78 Å². The molecule has 0 heterocycles. The van der Waals surface area contributed by atoms with Crippen LogP contribution in [0.3, 0.4) is 0 Å². The first kappa shape index (κ1) is 13.1. The van der Waals surface area contributed by atoms with Gasteiger partial charge >= 0.3 is 0 Å². The molecule has 0 saturated heterocycles. The standard InChI is InChI=1S/C15H16N2O2/c1-17(2)13-7-4-11(5-8-13)16-12-6-9-14(18)15(10-12)19-3/h4-10H,1-3H3. The van der Waals surface area contributed by atoms with E-state index in [9.17, 15) is 4.79 Å². The summed E-state index contributed by atoms with van der Waals surface area (Å²) in [5.74, 6) is 0.176. The van der Waals surface area contributed by atoms with E-state index in [0.717, 1.165) is 11.4 Å². The summed E-state index contributed by atoms with van der Waals surface area (Å²) >= 11 is 0. The zero-order chi connectivity index (χ0) is 13.8. The number of hydrogen-bond donors (Lipinski definition) is 0. The number of aliphatic imine (C=N–C) groups is 1. The maximum absolute atomic E-state index is 11.4. The Morgan fingerprint density at radius 1 is 1.11 bits per heavy atom. The van der Waals surface area contributed by atoms with Crippen molar-refractivity contribution in [1.82, 2.24) is 0 Å². The van der Waals surface area contributed by atoms with E-state index in [1.165, 1.54) is 13.2 Å². The lowest BCUT2D eigenvalue weighted by Crippen LogP contribution is -2.09. The molecule has 1 aliphatic carbocycles. The third-order valence-electron chi connectivity index (χ3n) is 2.77. The number of ether oxygens (including phenoxy) is 1. The molecule has 1 aromatic carbocycles. The molecule has 98 valence electrons. The predicted molar refractivity (Wildman–Crippen MR) is 77.1 cm³/mol. The first-order valence-corrected chi connectivity index (χ1v) is 5.94. The summed E-state index contributed by atoms with van der Waals surface area (Å²) in [5, 5.41) is 0. The van der Waals surface area contributed by atoms with Crippen LogP contribution in [0.5, 0.6) is 0 Å². The highest BCUT2D eigenvalue weighted by Gasteiger charge is 2.11. The van der Waals surface area contributed by atoms with Crippen LogP contribution in [0.2, 0.25) is 0 Å². The summed E-state index contributed by atoms with van der Waals surface area (Å²) < 4.78 is 4.99. The normalized spacial score (nSPS) is 16.5. The van der Waals surface area contributed by atoms with E-state index < -0.39 is 0 Å². The highest BCUT2D eigenvalue weighted by molar-refractivity contribution is 6.18. The van der Waals surface area contributed by atoms with Gasteiger partial charge in [-0.25, -0.2) is 4.99 Å². The van der Waals surface area contributed by atoms with Crippen molar-refractivity contribution in [2.24, 2.45) is 4.99 Å². The topological polar surface area (TPSA) is 41.9 Å².